The molecule has 0 bridgehead atoms. The first-order chi connectivity index (χ1) is 19.5. The van der Waals surface area contributed by atoms with Crippen LogP contribution in [0.1, 0.15) is 87.9 Å². The van der Waals surface area contributed by atoms with Gasteiger partial charge in [0, 0.05) is 5.56 Å². The number of ether oxygens (including phenoxy) is 3. The molecule has 40 heavy (non-hydrogen) atoms. The first-order valence-corrected chi connectivity index (χ1v) is 14.4. The van der Waals surface area contributed by atoms with Gasteiger partial charge in [0.2, 0.25) is 5.82 Å². The third-order valence-corrected chi connectivity index (χ3v) is 6.95. The Morgan fingerprint density at radius 2 is 1.48 bits per heavy atom. The van der Waals surface area contributed by atoms with E-state index in [-0.39, 0.29) is 11.5 Å². The summed E-state index contributed by atoms with van der Waals surface area (Å²) in [6.45, 7) is 3.19. The second kappa shape index (κ2) is 15.3. The van der Waals surface area contributed by atoms with Crippen LogP contribution in [0.15, 0.2) is 48.8 Å². The van der Waals surface area contributed by atoms with E-state index in [9.17, 15) is 13.6 Å². The van der Waals surface area contributed by atoms with E-state index in [0.717, 1.165) is 49.0 Å². The van der Waals surface area contributed by atoms with Gasteiger partial charge in [-0.3, -0.25) is 0 Å². The number of halogens is 2. The van der Waals surface area contributed by atoms with Crippen molar-refractivity contribution in [3.05, 3.63) is 66.0 Å². The van der Waals surface area contributed by atoms with Crippen LogP contribution in [0.3, 0.4) is 0 Å². The molecule has 0 aliphatic heterocycles. The summed E-state index contributed by atoms with van der Waals surface area (Å²) in [7, 11) is 0. The van der Waals surface area contributed by atoms with Crippen LogP contribution in [-0.2, 0) is 0 Å². The molecule has 3 aromatic rings. The molecule has 0 spiro atoms. The Balaban J connectivity index is 1.24. The zero-order valence-electron chi connectivity index (χ0n) is 23.2. The lowest BCUT2D eigenvalue weighted by Gasteiger charge is -2.10. The van der Waals surface area contributed by atoms with Gasteiger partial charge in [0.05, 0.1) is 31.2 Å². The Morgan fingerprint density at radius 1 is 0.800 bits per heavy atom. The van der Waals surface area contributed by atoms with Gasteiger partial charge in [0.1, 0.15) is 5.75 Å². The van der Waals surface area contributed by atoms with E-state index in [0.29, 0.717) is 19.0 Å². The van der Waals surface area contributed by atoms with Crippen LogP contribution in [0.4, 0.5) is 8.78 Å². The average molecular weight is 553 g/mol. The highest BCUT2D eigenvalue weighted by Gasteiger charge is 2.22. The second-order valence-corrected chi connectivity index (χ2v) is 10.3. The van der Waals surface area contributed by atoms with Crippen LogP contribution in [-0.4, -0.2) is 29.2 Å². The lowest BCUT2D eigenvalue weighted by Crippen LogP contribution is -2.13. The minimum absolute atomic E-state index is 0.0171. The lowest BCUT2D eigenvalue weighted by atomic mass is 10.1. The van der Waals surface area contributed by atoms with Gasteiger partial charge in [-0.25, -0.2) is 19.2 Å². The van der Waals surface area contributed by atoms with Crippen LogP contribution < -0.4 is 14.2 Å². The van der Waals surface area contributed by atoms with Crippen molar-refractivity contribution in [3.8, 4) is 28.6 Å². The van der Waals surface area contributed by atoms with Gasteiger partial charge >= 0.3 is 5.97 Å². The van der Waals surface area contributed by atoms with Gasteiger partial charge in [-0.05, 0) is 61.6 Å². The summed E-state index contributed by atoms with van der Waals surface area (Å²) in [5.41, 5.74) is 0.236. The number of benzene rings is 2. The second-order valence-electron chi connectivity index (χ2n) is 10.3. The van der Waals surface area contributed by atoms with Crippen LogP contribution in [0.5, 0.6) is 17.2 Å². The van der Waals surface area contributed by atoms with E-state index in [1.165, 1.54) is 63.4 Å². The molecule has 214 valence electrons. The van der Waals surface area contributed by atoms with Gasteiger partial charge in [-0.15, -0.1) is 0 Å². The zero-order valence-corrected chi connectivity index (χ0v) is 23.2. The minimum atomic E-state index is -1.31. The summed E-state index contributed by atoms with van der Waals surface area (Å²) in [5.74, 6) is -1.72. The molecule has 0 saturated heterocycles. The number of hydrogen-bond acceptors (Lipinski definition) is 6. The van der Waals surface area contributed by atoms with Crippen molar-refractivity contribution < 1.29 is 27.8 Å². The first kappa shape index (κ1) is 29.4. The first-order valence-electron chi connectivity index (χ1n) is 14.4. The molecule has 0 radical (unpaired) electrons. The molecule has 4 rings (SSSR count). The van der Waals surface area contributed by atoms with Crippen molar-refractivity contribution in [2.75, 3.05) is 13.2 Å². The van der Waals surface area contributed by atoms with Crippen LogP contribution in [0.25, 0.3) is 11.4 Å². The maximum Gasteiger partial charge on any atom is 0.346 e. The smallest absolute Gasteiger partial charge is 0.346 e. The quantitative estimate of drug-likeness (QED) is 0.124. The van der Waals surface area contributed by atoms with Gasteiger partial charge in [0.15, 0.2) is 23.1 Å². The number of hydrogen-bond donors (Lipinski definition) is 0. The summed E-state index contributed by atoms with van der Waals surface area (Å²) < 4.78 is 45.4. The van der Waals surface area contributed by atoms with Crippen molar-refractivity contribution in [1.82, 2.24) is 9.97 Å². The largest absolute Gasteiger partial charge is 0.494 e. The molecule has 1 aliphatic rings. The van der Waals surface area contributed by atoms with Gasteiger partial charge in [0.25, 0.3) is 0 Å². The molecular formula is C32H38F2N2O4. The molecule has 1 heterocycles. The molecule has 1 fully saturated rings. The van der Waals surface area contributed by atoms with Gasteiger partial charge in [-0.1, -0.05) is 58.3 Å². The van der Waals surface area contributed by atoms with Crippen molar-refractivity contribution in [2.45, 2.75) is 77.6 Å². The third-order valence-electron chi connectivity index (χ3n) is 6.95. The van der Waals surface area contributed by atoms with E-state index in [2.05, 4.69) is 16.9 Å². The van der Waals surface area contributed by atoms with E-state index in [1.807, 2.05) is 24.3 Å². The number of carbonyl (C=O) groups is 1. The van der Waals surface area contributed by atoms with Crippen LogP contribution >= 0.6 is 0 Å². The maximum atomic E-state index is 14.6. The monoisotopic (exact) mass is 552 g/mol. The summed E-state index contributed by atoms with van der Waals surface area (Å²) >= 11 is 0. The fourth-order valence-corrected chi connectivity index (χ4v) is 4.38. The lowest BCUT2D eigenvalue weighted by molar-refractivity contribution is 0.0727. The summed E-state index contributed by atoms with van der Waals surface area (Å²) in [4.78, 5) is 21.0. The van der Waals surface area contributed by atoms with Crippen molar-refractivity contribution in [1.29, 1.82) is 0 Å². The predicted octanol–water partition coefficient (Wildman–Crippen LogP) is 8.34. The molecule has 0 amide bonds. The van der Waals surface area contributed by atoms with E-state index in [4.69, 9.17) is 14.2 Å². The Morgan fingerprint density at radius 3 is 2.20 bits per heavy atom. The number of rotatable bonds is 17. The van der Waals surface area contributed by atoms with Gasteiger partial charge in [-0.2, -0.15) is 4.39 Å². The highest BCUT2D eigenvalue weighted by Crippen LogP contribution is 2.34. The molecule has 1 saturated carbocycles. The molecular weight excluding hydrogens is 514 g/mol. The molecule has 0 N–H and O–H groups in total. The van der Waals surface area contributed by atoms with Crippen LogP contribution in [0.2, 0.25) is 0 Å². The maximum absolute atomic E-state index is 14.6. The summed E-state index contributed by atoms with van der Waals surface area (Å²) in [6.07, 6.45) is 15.4. The molecule has 1 aliphatic carbocycles. The predicted molar refractivity (Wildman–Crippen MR) is 150 cm³/mol. The normalized spacial score (nSPS) is 12.8. The number of esters is 1. The van der Waals surface area contributed by atoms with Crippen molar-refractivity contribution in [3.63, 3.8) is 0 Å². The molecule has 0 atom stereocenters. The highest BCUT2D eigenvalue weighted by atomic mass is 19.2. The van der Waals surface area contributed by atoms with E-state index in [1.54, 1.807) is 0 Å². The van der Waals surface area contributed by atoms with E-state index < -0.39 is 23.2 Å². The number of nitrogens with zero attached hydrogens (tertiary/aromatic N) is 2. The molecule has 6 nitrogen and oxygen atoms in total. The van der Waals surface area contributed by atoms with Crippen LogP contribution in [0, 0.1) is 17.6 Å². The summed E-state index contributed by atoms with van der Waals surface area (Å²) in [6, 6.07) is 9.84. The standard InChI is InChI=1S/C32H38F2N2O4/c1-2-3-4-5-6-8-19-38-25-15-13-24(14-16-25)31-35-21-26(22-36-31)40-32(37)27-17-18-28(30(34)29(27)33)39-20-9-7-10-23-11-12-23/h13-18,21-23H,2-12,19-20H2,1H3. The fraction of sp³-hybridized carbons (Fsp3) is 0.469. The van der Waals surface area contributed by atoms with E-state index >= 15 is 0 Å². The minimum Gasteiger partial charge on any atom is -0.494 e. The SMILES string of the molecule is CCCCCCCCOc1ccc(-c2ncc(OC(=O)c3ccc(OCCCCC4CC4)c(F)c3F)cn2)cc1. The fourth-order valence-electron chi connectivity index (χ4n) is 4.38. The number of aromatic nitrogens is 2. The third kappa shape index (κ3) is 9.00. The Labute approximate surface area is 235 Å². The zero-order chi connectivity index (χ0) is 28.2. The molecule has 2 aromatic carbocycles. The Bertz CT molecular complexity index is 1210. The summed E-state index contributed by atoms with van der Waals surface area (Å²) in [5, 5.41) is 0. The van der Waals surface area contributed by atoms with Crippen molar-refractivity contribution in [2.24, 2.45) is 5.92 Å². The molecule has 8 heteroatoms. The Hall–Kier alpha value is -3.55. The topological polar surface area (TPSA) is 70.5 Å². The Kier molecular flexibility index (Phi) is 11.3. The number of carbonyl (C=O) groups excluding carboxylic acids is 1. The average Bonchev–Trinajstić information content (AvgIpc) is 3.80. The number of unbranched alkanes of at least 4 members (excludes halogenated alkanes) is 6. The molecule has 0 unspecified atom stereocenters. The highest BCUT2D eigenvalue weighted by molar-refractivity contribution is 5.91. The van der Waals surface area contributed by atoms with Gasteiger partial charge < -0.3 is 14.2 Å². The van der Waals surface area contributed by atoms with Crippen molar-refractivity contribution >= 4 is 5.97 Å². The molecule has 1 aromatic heterocycles.